The summed E-state index contributed by atoms with van der Waals surface area (Å²) in [6, 6.07) is -0.475. The molecule has 7 heteroatoms. The van der Waals surface area contributed by atoms with E-state index in [9.17, 15) is 9.59 Å². The molecule has 0 heterocycles. The van der Waals surface area contributed by atoms with Gasteiger partial charge in [0.25, 0.3) is 0 Å². The number of thioether (sulfide) groups is 2. The largest absolute Gasteiger partial charge is 0.354 e. The summed E-state index contributed by atoms with van der Waals surface area (Å²) in [6.45, 7) is 0.859. The maximum atomic E-state index is 11.3. The van der Waals surface area contributed by atoms with Crippen LogP contribution in [0.15, 0.2) is 0 Å². The standard InChI is InChI=1S/C9H19N3O2S2/c1-15-5-7(10)9(14)12-4-3-11-8(13)6-16-2/h7H,3-6,10H2,1-2H3,(H,11,13)(H,12,14). The number of hydrogen-bond donors (Lipinski definition) is 3. The Kier molecular flexibility index (Phi) is 9.55. The zero-order chi connectivity index (χ0) is 12.4. The second-order valence-electron chi connectivity index (χ2n) is 3.14. The first-order valence-electron chi connectivity index (χ1n) is 4.89. The van der Waals surface area contributed by atoms with Crippen molar-refractivity contribution in [2.24, 2.45) is 5.73 Å². The Morgan fingerprint density at radius 2 is 1.81 bits per heavy atom. The highest BCUT2D eigenvalue weighted by Crippen LogP contribution is 1.94. The Morgan fingerprint density at radius 1 is 1.19 bits per heavy atom. The lowest BCUT2D eigenvalue weighted by Gasteiger charge is -2.11. The Morgan fingerprint density at radius 3 is 2.38 bits per heavy atom. The van der Waals surface area contributed by atoms with Crippen LogP contribution in [0.3, 0.4) is 0 Å². The second-order valence-corrected chi connectivity index (χ2v) is 4.91. The summed E-state index contributed by atoms with van der Waals surface area (Å²) in [6.07, 6.45) is 3.76. The highest BCUT2D eigenvalue weighted by atomic mass is 32.2. The van der Waals surface area contributed by atoms with Gasteiger partial charge in [0.2, 0.25) is 11.8 Å². The normalized spacial score (nSPS) is 11.9. The van der Waals surface area contributed by atoms with Crippen LogP contribution in [0.1, 0.15) is 0 Å². The topological polar surface area (TPSA) is 84.2 Å². The molecule has 0 aromatic rings. The van der Waals surface area contributed by atoms with Gasteiger partial charge in [-0.15, -0.1) is 0 Å². The van der Waals surface area contributed by atoms with Crippen molar-refractivity contribution in [2.45, 2.75) is 6.04 Å². The summed E-state index contributed by atoms with van der Waals surface area (Å²) < 4.78 is 0. The molecule has 1 atom stereocenters. The van der Waals surface area contributed by atoms with E-state index in [-0.39, 0.29) is 11.8 Å². The quantitative estimate of drug-likeness (QED) is 0.504. The van der Waals surface area contributed by atoms with Crippen LogP contribution in [0.25, 0.3) is 0 Å². The first kappa shape index (κ1) is 15.6. The van der Waals surface area contributed by atoms with Gasteiger partial charge in [-0.3, -0.25) is 9.59 Å². The number of nitrogens with one attached hydrogen (secondary N) is 2. The molecule has 0 bridgehead atoms. The molecule has 4 N–H and O–H groups in total. The molecule has 0 aliphatic heterocycles. The fourth-order valence-corrected chi connectivity index (χ4v) is 1.83. The van der Waals surface area contributed by atoms with Crippen LogP contribution in [-0.2, 0) is 9.59 Å². The van der Waals surface area contributed by atoms with Crippen LogP contribution >= 0.6 is 23.5 Å². The van der Waals surface area contributed by atoms with E-state index >= 15 is 0 Å². The first-order chi connectivity index (χ1) is 7.61. The Hall–Kier alpha value is -0.400. The molecule has 0 saturated heterocycles. The molecule has 0 fully saturated rings. The van der Waals surface area contributed by atoms with Gasteiger partial charge in [0, 0.05) is 18.8 Å². The van der Waals surface area contributed by atoms with Gasteiger partial charge in [-0.05, 0) is 12.5 Å². The molecule has 0 aromatic carbocycles. The lowest BCUT2D eigenvalue weighted by Crippen LogP contribution is -2.44. The third kappa shape index (κ3) is 7.84. The Balaban J connectivity index is 3.51. The first-order valence-corrected chi connectivity index (χ1v) is 7.68. The maximum absolute atomic E-state index is 11.3. The van der Waals surface area contributed by atoms with Gasteiger partial charge >= 0.3 is 0 Å². The Labute approximate surface area is 105 Å². The second kappa shape index (κ2) is 9.80. The molecule has 0 radical (unpaired) electrons. The fourth-order valence-electron chi connectivity index (χ4n) is 0.956. The number of nitrogens with two attached hydrogens (primary N) is 1. The summed E-state index contributed by atoms with van der Waals surface area (Å²) in [7, 11) is 0. The van der Waals surface area contributed by atoms with E-state index in [1.165, 1.54) is 23.5 Å². The molecule has 0 saturated carbocycles. The van der Waals surface area contributed by atoms with Crippen LogP contribution in [0, 0.1) is 0 Å². The maximum Gasteiger partial charge on any atom is 0.237 e. The van der Waals surface area contributed by atoms with E-state index in [2.05, 4.69) is 10.6 Å². The number of amides is 2. The fraction of sp³-hybridized carbons (Fsp3) is 0.778. The number of carbonyl (C=O) groups excluding carboxylic acids is 2. The number of carbonyl (C=O) groups is 2. The van der Waals surface area contributed by atoms with E-state index in [0.717, 1.165) is 0 Å². The highest BCUT2D eigenvalue weighted by molar-refractivity contribution is 7.99. The van der Waals surface area contributed by atoms with Crippen LogP contribution in [-0.4, -0.2) is 55.0 Å². The van der Waals surface area contributed by atoms with E-state index in [1.54, 1.807) is 0 Å². The summed E-state index contributed by atoms with van der Waals surface area (Å²) in [5, 5.41) is 5.36. The van der Waals surface area contributed by atoms with Crippen molar-refractivity contribution >= 4 is 35.3 Å². The minimum Gasteiger partial charge on any atom is -0.354 e. The van der Waals surface area contributed by atoms with E-state index in [4.69, 9.17) is 5.73 Å². The van der Waals surface area contributed by atoms with Gasteiger partial charge in [0.15, 0.2) is 0 Å². The number of hydrogen-bond acceptors (Lipinski definition) is 5. The predicted molar refractivity (Wildman–Crippen MR) is 70.8 cm³/mol. The molecule has 0 spiro atoms. The lowest BCUT2D eigenvalue weighted by atomic mass is 10.3. The number of rotatable bonds is 8. The van der Waals surface area contributed by atoms with Crippen molar-refractivity contribution in [1.29, 1.82) is 0 Å². The summed E-state index contributed by atoms with van der Waals surface area (Å²) in [4.78, 5) is 22.4. The van der Waals surface area contributed by atoms with Gasteiger partial charge in [-0.1, -0.05) is 0 Å². The molecule has 2 amide bonds. The molecular formula is C9H19N3O2S2. The van der Waals surface area contributed by atoms with Crippen LogP contribution in [0.4, 0.5) is 0 Å². The van der Waals surface area contributed by atoms with Gasteiger partial charge in [0.1, 0.15) is 0 Å². The third-order valence-electron chi connectivity index (χ3n) is 1.70. The molecule has 94 valence electrons. The molecule has 0 aromatic heterocycles. The van der Waals surface area contributed by atoms with Crippen LogP contribution in [0.2, 0.25) is 0 Å². The van der Waals surface area contributed by atoms with Crippen molar-refractivity contribution in [1.82, 2.24) is 10.6 Å². The van der Waals surface area contributed by atoms with Crippen molar-refractivity contribution in [3.8, 4) is 0 Å². The van der Waals surface area contributed by atoms with Crippen molar-refractivity contribution in [3.05, 3.63) is 0 Å². The zero-order valence-corrected chi connectivity index (χ0v) is 11.2. The van der Waals surface area contributed by atoms with Crippen molar-refractivity contribution in [2.75, 3.05) is 37.1 Å². The van der Waals surface area contributed by atoms with E-state index < -0.39 is 6.04 Å². The van der Waals surface area contributed by atoms with Gasteiger partial charge in [-0.2, -0.15) is 23.5 Å². The third-order valence-corrected chi connectivity index (χ3v) is 2.95. The van der Waals surface area contributed by atoms with Crippen molar-refractivity contribution in [3.63, 3.8) is 0 Å². The smallest absolute Gasteiger partial charge is 0.237 e. The molecular weight excluding hydrogens is 246 g/mol. The minimum atomic E-state index is -0.475. The zero-order valence-electron chi connectivity index (χ0n) is 9.62. The van der Waals surface area contributed by atoms with Crippen LogP contribution in [0.5, 0.6) is 0 Å². The van der Waals surface area contributed by atoms with E-state index in [0.29, 0.717) is 24.6 Å². The summed E-state index contributed by atoms with van der Waals surface area (Å²) >= 11 is 2.99. The summed E-state index contributed by atoms with van der Waals surface area (Å²) in [5.74, 6) is 0.855. The Bertz CT molecular complexity index is 227. The van der Waals surface area contributed by atoms with Gasteiger partial charge < -0.3 is 16.4 Å². The summed E-state index contributed by atoms with van der Waals surface area (Å²) in [5.41, 5.74) is 5.59. The van der Waals surface area contributed by atoms with E-state index in [1.807, 2.05) is 12.5 Å². The monoisotopic (exact) mass is 265 g/mol. The van der Waals surface area contributed by atoms with Crippen molar-refractivity contribution < 1.29 is 9.59 Å². The van der Waals surface area contributed by atoms with Gasteiger partial charge in [0.05, 0.1) is 11.8 Å². The molecule has 16 heavy (non-hydrogen) atoms. The molecule has 0 aliphatic carbocycles. The van der Waals surface area contributed by atoms with Gasteiger partial charge in [-0.25, -0.2) is 0 Å². The minimum absolute atomic E-state index is 0.0184. The molecule has 5 nitrogen and oxygen atoms in total. The molecule has 1 unspecified atom stereocenters. The van der Waals surface area contributed by atoms with Crippen LogP contribution < -0.4 is 16.4 Å². The predicted octanol–water partition coefficient (Wildman–Crippen LogP) is -0.728. The SMILES string of the molecule is CSCC(=O)NCCNC(=O)C(N)CSC. The lowest BCUT2D eigenvalue weighted by molar-refractivity contribution is -0.122. The highest BCUT2D eigenvalue weighted by Gasteiger charge is 2.11. The average Bonchev–Trinajstić information content (AvgIpc) is 2.24. The average molecular weight is 265 g/mol. The molecule has 0 aliphatic rings. The molecule has 0 rings (SSSR count).